The molecule has 0 amide bonds. The van der Waals surface area contributed by atoms with Gasteiger partial charge in [-0.15, -0.1) is 0 Å². The molecule has 2 aromatic rings. The zero-order valence-electron chi connectivity index (χ0n) is 13.3. The van der Waals surface area contributed by atoms with Crippen LogP contribution in [-0.2, 0) is 16.2 Å². The van der Waals surface area contributed by atoms with Crippen LogP contribution in [0.5, 0.6) is 0 Å². The first kappa shape index (κ1) is 17.6. The molecule has 0 aliphatic heterocycles. The summed E-state index contributed by atoms with van der Waals surface area (Å²) >= 11 is 0. The van der Waals surface area contributed by atoms with Crippen LogP contribution in [0, 0.1) is 0 Å². The smallest absolute Gasteiger partial charge is 0.322 e. The summed E-state index contributed by atoms with van der Waals surface area (Å²) in [6.45, 7) is 1.75. The van der Waals surface area contributed by atoms with Gasteiger partial charge in [0.1, 0.15) is 6.04 Å². The van der Waals surface area contributed by atoms with Crippen LogP contribution in [-0.4, -0.2) is 22.9 Å². The summed E-state index contributed by atoms with van der Waals surface area (Å²) in [5, 5.41) is 8.72. The van der Waals surface area contributed by atoms with E-state index in [1.165, 1.54) is 13.0 Å². The van der Waals surface area contributed by atoms with Gasteiger partial charge in [-0.3, -0.25) is 14.4 Å². The number of carboxylic acids is 1. The Morgan fingerprint density at radius 1 is 1.12 bits per heavy atom. The van der Waals surface area contributed by atoms with E-state index >= 15 is 0 Å². The van der Waals surface area contributed by atoms with Crippen molar-refractivity contribution in [1.82, 2.24) is 5.48 Å². The highest BCUT2D eigenvalue weighted by atomic mass is 16.6. The number of aliphatic carboxylic acids is 1. The summed E-state index contributed by atoms with van der Waals surface area (Å²) in [6, 6.07) is 15.8. The summed E-state index contributed by atoms with van der Waals surface area (Å²) < 4.78 is 0. The Labute approximate surface area is 140 Å². The van der Waals surface area contributed by atoms with Crippen molar-refractivity contribution in [3.63, 3.8) is 0 Å². The lowest BCUT2D eigenvalue weighted by atomic mass is 10.1. The van der Waals surface area contributed by atoms with Gasteiger partial charge in [-0.25, -0.2) is 0 Å². The normalized spacial score (nSPS) is 12.2. The van der Waals surface area contributed by atoms with E-state index < -0.39 is 12.0 Å². The zero-order chi connectivity index (χ0) is 17.4. The van der Waals surface area contributed by atoms with Gasteiger partial charge in [0.25, 0.3) is 0 Å². The Balaban J connectivity index is 1.87. The van der Waals surface area contributed by atoms with Crippen LogP contribution >= 0.6 is 0 Å². The number of rotatable bonds is 8. The molecule has 0 saturated carbocycles. The Hall–Kier alpha value is -2.76. The van der Waals surface area contributed by atoms with Crippen LogP contribution in [0.2, 0.25) is 0 Å². The summed E-state index contributed by atoms with van der Waals surface area (Å²) in [4.78, 5) is 27.8. The number of carbonyl (C=O) groups is 2. The monoisotopic (exact) mass is 325 g/mol. The van der Waals surface area contributed by atoms with Crippen molar-refractivity contribution in [2.24, 2.45) is 0 Å². The van der Waals surface area contributed by atoms with Gasteiger partial charge in [0.05, 0.1) is 6.61 Å². The third-order valence-electron chi connectivity index (χ3n) is 3.33. The van der Waals surface area contributed by atoms with E-state index in [4.69, 9.17) is 9.94 Å². The fraction of sp³-hybridized carbons (Fsp3) is 0.158. The Bertz CT molecular complexity index is 708. The predicted molar refractivity (Wildman–Crippen MR) is 91.3 cm³/mol. The minimum Gasteiger partial charge on any atom is -0.480 e. The molecule has 2 aromatic carbocycles. The average molecular weight is 325 g/mol. The molecule has 5 nitrogen and oxygen atoms in total. The highest BCUT2D eigenvalue weighted by Crippen LogP contribution is 2.09. The maximum absolute atomic E-state index is 12.0. The first-order chi connectivity index (χ1) is 11.6. The molecule has 5 heteroatoms. The highest BCUT2D eigenvalue weighted by molar-refractivity contribution is 6.06. The second-order valence-electron chi connectivity index (χ2n) is 5.27. The average Bonchev–Trinajstić information content (AvgIpc) is 2.61. The topological polar surface area (TPSA) is 75.6 Å². The van der Waals surface area contributed by atoms with Crippen molar-refractivity contribution >= 4 is 17.8 Å². The number of hydroxylamine groups is 1. The van der Waals surface area contributed by atoms with Crippen LogP contribution in [0.15, 0.2) is 60.7 Å². The van der Waals surface area contributed by atoms with E-state index in [-0.39, 0.29) is 12.4 Å². The predicted octanol–water partition coefficient (Wildman–Crippen LogP) is 3.08. The first-order valence-electron chi connectivity index (χ1n) is 7.53. The van der Waals surface area contributed by atoms with E-state index in [1.54, 1.807) is 18.2 Å². The molecule has 124 valence electrons. The highest BCUT2D eigenvalue weighted by Gasteiger charge is 2.09. The molecule has 0 spiro atoms. The van der Waals surface area contributed by atoms with E-state index in [0.29, 0.717) is 5.56 Å². The van der Waals surface area contributed by atoms with Gasteiger partial charge in [-0.2, -0.15) is 5.48 Å². The van der Waals surface area contributed by atoms with Crippen LogP contribution in [0.4, 0.5) is 0 Å². The standard InChI is InChI=1S/C19H19NO4/c1-14(19(22)23)20-24-13-16-9-7-15(8-10-16)11-12-18(21)17-5-3-2-4-6-17/h2-12,14,20H,13H2,1H3,(H,22,23)/b12-11+/t14-/m0/s1. The quantitative estimate of drug-likeness (QED) is 0.443. The Kier molecular flexibility index (Phi) is 6.42. The lowest BCUT2D eigenvalue weighted by Crippen LogP contribution is -2.33. The van der Waals surface area contributed by atoms with Crippen molar-refractivity contribution in [2.75, 3.05) is 0 Å². The fourth-order valence-corrected chi connectivity index (χ4v) is 1.90. The van der Waals surface area contributed by atoms with E-state index in [2.05, 4.69) is 5.48 Å². The molecule has 1 atom stereocenters. The minimum absolute atomic E-state index is 0.0464. The lowest BCUT2D eigenvalue weighted by molar-refractivity contribution is -0.143. The van der Waals surface area contributed by atoms with Gasteiger partial charge >= 0.3 is 5.97 Å². The van der Waals surface area contributed by atoms with Crippen molar-refractivity contribution in [2.45, 2.75) is 19.6 Å². The third-order valence-corrected chi connectivity index (χ3v) is 3.33. The summed E-state index contributed by atoms with van der Waals surface area (Å²) in [7, 11) is 0. The number of nitrogens with one attached hydrogen (secondary N) is 1. The van der Waals surface area contributed by atoms with Crippen molar-refractivity contribution < 1.29 is 19.5 Å². The van der Waals surface area contributed by atoms with Crippen LogP contribution in [0.25, 0.3) is 6.08 Å². The third kappa shape index (κ3) is 5.46. The maximum Gasteiger partial charge on any atom is 0.322 e. The van der Waals surface area contributed by atoms with Gasteiger partial charge in [0.15, 0.2) is 5.78 Å². The molecule has 0 aliphatic carbocycles. The van der Waals surface area contributed by atoms with Gasteiger partial charge < -0.3 is 5.11 Å². The second-order valence-corrected chi connectivity index (χ2v) is 5.27. The van der Waals surface area contributed by atoms with Crippen LogP contribution in [0.1, 0.15) is 28.4 Å². The van der Waals surface area contributed by atoms with E-state index in [9.17, 15) is 9.59 Å². The van der Waals surface area contributed by atoms with Gasteiger partial charge in [0, 0.05) is 5.56 Å². The van der Waals surface area contributed by atoms with Gasteiger partial charge in [-0.1, -0.05) is 60.7 Å². The first-order valence-corrected chi connectivity index (χ1v) is 7.53. The van der Waals surface area contributed by atoms with Crippen molar-refractivity contribution in [3.05, 3.63) is 77.4 Å². The van der Waals surface area contributed by atoms with Crippen molar-refractivity contribution in [1.29, 1.82) is 0 Å². The Morgan fingerprint density at radius 2 is 1.79 bits per heavy atom. The van der Waals surface area contributed by atoms with Crippen LogP contribution < -0.4 is 5.48 Å². The maximum atomic E-state index is 12.0. The summed E-state index contributed by atoms with van der Waals surface area (Å²) in [6.07, 6.45) is 3.29. The molecule has 0 unspecified atom stereocenters. The molecule has 0 aliphatic rings. The molecule has 24 heavy (non-hydrogen) atoms. The largest absolute Gasteiger partial charge is 0.480 e. The zero-order valence-corrected chi connectivity index (χ0v) is 13.3. The summed E-state index contributed by atoms with van der Waals surface area (Å²) in [5.74, 6) is -1.02. The molecule has 2 rings (SSSR count). The molecule has 0 saturated heterocycles. The van der Waals surface area contributed by atoms with E-state index in [0.717, 1.165) is 11.1 Å². The van der Waals surface area contributed by atoms with Gasteiger partial charge in [-0.05, 0) is 24.1 Å². The number of ketones is 1. The number of carboxylic acid groups (broad SMARTS) is 1. The van der Waals surface area contributed by atoms with E-state index in [1.807, 2.05) is 42.5 Å². The molecule has 0 heterocycles. The molecular formula is C19H19NO4. The van der Waals surface area contributed by atoms with Crippen molar-refractivity contribution in [3.8, 4) is 0 Å². The number of hydrogen-bond acceptors (Lipinski definition) is 4. The van der Waals surface area contributed by atoms with Gasteiger partial charge in [0.2, 0.25) is 0 Å². The molecule has 0 aromatic heterocycles. The number of allylic oxidation sites excluding steroid dienone is 1. The number of carbonyl (C=O) groups excluding carboxylic acids is 1. The second kappa shape index (κ2) is 8.76. The lowest BCUT2D eigenvalue weighted by Gasteiger charge is -2.09. The summed E-state index contributed by atoms with van der Waals surface area (Å²) in [5.41, 5.74) is 4.89. The molecular weight excluding hydrogens is 306 g/mol. The Morgan fingerprint density at radius 3 is 2.42 bits per heavy atom. The number of benzene rings is 2. The molecule has 0 radical (unpaired) electrons. The molecule has 0 bridgehead atoms. The fourth-order valence-electron chi connectivity index (χ4n) is 1.90. The molecule has 0 fully saturated rings. The SMILES string of the molecule is C[C@H](NOCc1ccc(/C=C/C(=O)c2ccccc2)cc1)C(=O)O. The van der Waals surface area contributed by atoms with Crippen LogP contribution in [0.3, 0.4) is 0 Å². The number of hydrogen-bond donors (Lipinski definition) is 2. The minimum atomic E-state index is -0.974. The molecule has 2 N–H and O–H groups in total.